The SMILES string of the molecule is C=C[C@@H]1C[C@]1(NC(=O)[C@@H]1C[C@@H](Oc2cc(-c3cccs3)cc(-c3ccccc3)n2)CN1C(=O)[C@@H](OC(=O)NC(C)(C)C)C(C)(C)C)C(=O)NS(=O)(=O)C1CC1. The largest absolute Gasteiger partial charge is 0.472 e. The normalized spacial score (nSPS) is 22.9. The van der Waals surface area contributed by atoms with Crippen LogP contribution in [0, 0.1) is 11.3 Å². The number of rotatable bonds is 12. The topological polar surface area (TPSA) is 173 Å². The van der Waals surface area contributed by atoms with Crippen molar-refractivity contribution in [2.45, 2.75) is 102 Å². The smallest absolute Gasteiger partial charge is 0.408 e. The highest BCUT2D eigenvalue weighted by atomic mass is 32.2. The predicted molar refractivity (Wildman–Crippen MR) is 209 cm³/mol. The summed E-state index contributed by atoms with van der Waals surface area (Å²) < 4.78 is 39.9. The van der Waals surface area contributed by atoms with Crippen LogP contribution in [0.1, 0.15) is 67.2 Å². The Balaban J connectivity index is 1.31. The van der Waals surface area contributed by atoms with Crippen molar-refractivity contribution in [2.75, 3.05) is 6.54 Å². The van der Waals surface area contributed by atoms with Crippen LogP contribution in [0.25, 0.3) is 21.7 Å². The maximum Gasteiger partial charge on any atom is 0.408 e. The first-order valence-corrected chi connectivity index (χ1v) is 20.8. The summed E-state index contributed by atoms with van der Waals surface area (Å²) in [6.45, 7) is 14.3. The molecule has 1 saturated heterocycles. The van der Waals surface area contributed by atoms with Gasteiger partial charge in [0.25, 0.3) is 11.8 Å². The molecule has 4 amide bonds. The third-order valence-electron chi connectivity index (χ3n) is 9.77. The number of carbonyl (C=O) groups excluding carboxylic acids is 4. The van der Waals surface area contributed by atoms with Gasteiger partial charge < -0.3 is 25.0 Å². The van der Waals surface area contributed by atoms with Gasteiger partial charge in [0.2, 0.25) is 21.8 Å². The third-order valence-corrected chi connectivity index (χ3v) is 12.5. The Morgan fingerprint density at radius 3 is 2.31 bits per heavy atom. The maximum atomic E-state index is 14.6. The minimum absolute atomic E-state index is 0.00499. The zero-order valence-electron chi connectivity index (χ0n) is 32.0. The van der Waals surface area contributed by atoms with E-state index in [1.807, 2.05) is 60.0 Å². The van der Waals surface area contributed by atoms with Gasteiger partial charge in [0.05, 0.1) is 17.5 Å². The summed E-state index contributed by atoms with van der Waals surface area (Å²) >= 11 is 1.56. The van der Waals surface area contributed by atoms with Crippen LogP contribution in [-0.2, 0) is 29.1 Å². The number of aromatic nitrogens is 1. The summed E-state index contributed by atoms with van der Waals surface area (Å²) in [5, 5.41) is 6.85. The monoisotopic (exact) mass is 791 g/mol. The number of ether oxygens (including phenoxy) is 2. The molecule has 3 aliphatic rings. The lowest BCUT2D eigenvalue weighted by Crippen LogP contribution is -2.58. The summed E-state index contributed by atoms with van der Waals surface area (Å²) in [7, 11) is -3.91. The minimum Gasteiger partial charge on any atom is -0.472 e. The number of pyridine rings is 1. The number of hydrogen-bond donors (Lipinski definition) is 3. The van der Waals surface area contributed by atoms with Crippen LogP contribution in [0.5, 0.6) is 5.88 Å². The fourth-order valence-corrected chi connectivity index (χ4v) is 8.74. The third kappa shape index (κ3) is 9.21. The van der Waals surface area contributed by atoms with E-state index in [0.29, 0.717) is 18.5 Å². The number of thiophene rings is 1. The number of sulfonamides is 1. The zero-order chi connectivity index (χ0) is 39.9. The van der Waals surface area contributed by atoms with E-state index in [9.17, 15) is 27.6 Å². The molecule has 5 atom stereocenters. The van der Waals surface area contributed by atoms with Gasteiger partial charge in [-0.2, -0.15) is 0 Å². The highest BCUT2D eigenvalue weighted by molar-refractivity contribution is 7.91. The van der Waals surface area contributed by atoms with Gasteiger partial charge in [0.1, 0.15) is 17.7 Å². The second-order valence-electron chi connectivity index (χ2n) is 16.6. The van der Waals surface area contributed by atoms with E-state index in [0.717, 1.165) is 16.0 Å². The van der Waals surface area contributed by atoms with Gasteiger partial charge in [-0.05, 0) is 63.1 Å². The van der Waals surface area contributed by atoms with Crippen molar-refractivity contribution >= 4 is 45.2 Å². The Morgan fingerprint density at radius 1 is 1.02 bits per heavy atom. The molecule has 13 nitrogen and oxygen atoms in total. The molecular weight excluding hydrogens is 743 g/mol. The quantitative estimate of drug-likeness (QED) is 0.202. The van der Waals surface area contributed by atoms with Gasteiger partial charge >= 0.3 is 6.09 Å². The average molecular weight is 792 g/mol. The highest BCUT2D eigenvalue weighted by Crippen LogP contribution is 2.46. The van der Waals surface area contributed by atoms with Crippen molar-refractivity contribution in [3.8, 4) is 27.6 Å². The van der Waals surface area contributed by atoms with Crippen molar-refractivity contribution in [2.24, 2.45) is 11.3 Å². The first-order valence-electron chi connectivity index (χ1n) is 18.4. The van der Waals surface area contributed by atoms with Crippen molar-refractivity contribution in [1.29, 1.82) is 0 Å². The summed E-state index contributed by atoms with van der Waals surface area (Å²) in [6, 6.07) is 16.2. The first-order chi connectivity index (χ1) is 25.8. The first kappa shape index (κ1) is 39.9. The van der Waals surface area contributed by atoms with Crippen molar-refractivity contribution < 1.29 is 37.1 Å². The van der Waals surface area contributed by atoms with E-state index >= 15 is 0 Å². The molecule has 0 bridgehead atoms. The molecule has 55 heavy (non-hydrogen) atoms. The van der Waals surface area contributed by atoms with Crippen LogP contribution in [0.4, 0.5) is 4.79 Å². The van der Waals surface area contributed by atoms with E-state index in [1.54, 1.807) is 52.9 Å². The zero-order valence-corrected chi connectivity index (χ0v) is 33.6. The van der Waals surface area contributed by atoms with Crippen LogP contribution < -0.4 is 20.1 Å². The van der Waals surface area contributed by atoms with Gasteiger partial charge in [0, 0.05) is 39.8 Å². The van der Waals surface area contributed by atoms with Crippen LogP contribution in [0.2, 0.25) is 0 Å². The maximum absolute atomic E-state index is 14.6. The van der Waals surface area contributed by atoms with E-state index in [2.05, 4.69) is 21.9 Å². The van der Waals surface area contributed by atoms with Gasteiger partial charge in [-0.3, -0.25) is 19.1 Å². The fraction of sp³-hybridized carbons (Fsp3) is 0.475. The Morgan fingerprint density at radius 2 is 1.73 bits per heavy atom. The van der Waals surface area contributed by atoms with Crippen molar-refractivity contribution in [3.63, 3.8) is 0 Å². The lowest BCUT2D eigenvalue weighted by Gasteiger charge is -2.35. The Labute approximate surface area is 326 Å². The van der Waals surface area contributed by atoms with Gasteiger partial charge in [-0.25, -0.2) is 18.2 Å². The minimum atomic E-state index is -3.91. The second kappa shape index (κ2) is 15.1. The molecule has 1 aliphatic heterocycles. The lowest BCUT2D eigenvalue weighted by atomic mass is 9.88. The van der Waals surface area contributed by atoms with E-state index in [4.69, 9.17) is 14.5 Å². The summed E-state index contributed by atoms with van der Waals surface area (Å²) in [5.41, 5.74) is -0.680. The molecule has 3 fully saturated rings. The predicted octanol–water partition coefficient (Wildman–Crippen LogP) is 5.43. The summed E-state index contributed by atoms with van der Waals surface area (Å²) in [5.74, 6) is -2.40. The standard InChI is InChI=1S/C40H49N5O8S2/c1-8-26-22-40(26,36(48)44-55(50,51)28-16-17-28)42-34(46)30-21-27(23-45(30)35(47)33(38(2,3)4)53-37(49)43-39(5,6)7)52-32-20-25(31-15-12-18-54-31)19-29(41-32)24-13-10-9-11-14-24/h8-15,18-20,26-28,30,33H,1,16-17,21-23H2,2-7H3,(H,42,46)(H,43,49)(H,44,48)/t26-,27-,30+,33-,40-/m1/s1. The Bertz CT molecular complexity index is 2060. The molecule has 3 heterocycles. The number of hydrogen-bond acceptors (Lipinski definition) is 10. The molecule has 0 unspecified atom stereocenters. The molecular formula is C40H49N5O8S2. The van der Waals surface area contributed by atoms with E-state index in [-0.39, 0.29) is 25.3 Å². The number of amides is 4. The molecule has 1 aromatic carbocycles. The molecule has 2 saturated carbocycles. The molecule has 15 heteroatoms. The fourth-order valence-electron chi connectivity index (χ4n) is 6.66. The number of benzene rings is 1. The molecule has 3 N–H and O–H groups in total. The van der Waals surface area contributed by atoms with Gasteiger partial charge in [0.15, 0.2) is 6.10 Å². The molecule has 2 aliphatic carbocycles. The van der Waals surface area contributed by atoms with E-state index in [1.165, 1.54) is 11.0 Å². The number of nitrogens with zero attached hydrogens (tertiary/aromatic N) is 2. The summed E-state index contributed by atoms with van der Waals surface area (Å²) in [6.07, 6.45) is -0.296. The molecule has 294 valence electrons. The summed E-state index contributed by atoms with van der Waals surface area (Å²) in [4.78, 5) is 62.6. The van der Waals surface area contributed by atoms with Crippen LogP contribution >= 0.6 is 11.3 Å². The molecule has 2 aromatic heterocycles. The average Bonchev–Trinajstić information content (AvgIpc) is 3.98. The lowest BCUT2D eigenvalue weighted by molar-refractivity contribution is -0.150. The molecule has 0 spiro atoms. The highest BCUT2D eigenvalue weighted by Gasteiger charge is 2.62. The number of carbonyl (C=O) groups is 4. The number of likely N-dealkylation sites (tertiary alicyclic amines) is 1. The Hall–Kier alpha value is -4.76. The van der Waals surface area contributed by atoms with Crippen LogP contribution in [0.15, 0.2) is 72.6 Å². The van der Waals surface area contributed by atoms with Crippen LogP contribution in [0.3, 0.4) is 0 Å². The molecule has 3 aromatic rings. The molecule has 0 radical (unpaired) electrons. The molecule has 6 rings (SSSR count). The van der Waals surface area contributed by atoms with Crippen molar-refractivity contribution in [3.05, 3.63) is 72.6 Å². The number of alkyl carbamates (subject to hydrolysis) is 1. The number of nitrogens with one attached hydrogen (secondary N) is 3. The van der Waals surface area contributed by atoms with Crippen molar-refractivity contribution in [1.82, 2.24) is 25.2 Å². The van der Waals surface area contributed by atoms with Gasteiger partial charge in [-0.15, -0.1) is 17.9 Å². The van der Waals surface area contributed by atoms with Gasteiger partial charge in [-0.1, -0.05) is 63.2 Å². The Kier molecular flexibility index (Phi) is 10.9. The second-order valence-corrected chi connectivity index (χ2v) is 19.5. The van der Waals surface area contributed by atoms with E-state index < -0.39 is 79.7 Å². The van der Waals surface area contributed by atoms with Crippen LogP contribution in [-0.4, -0.2) is 83.2 Å².